The van der Waals surface area contributed by atoms with E-state index < -0.39 is 0 Å². The van der Waals surface area contributed by atoms with Crippen molar-refractivity contribution in [1.82, 2.24) is 0 Å². The average Bonchev–Trinajstić information content (AvgIpc) is 2.57. The molecule has 0 unspecified atom stereocenters. The molecule has 0 bridgehead atoms. The normalized spacial score (nSPS) is 11.2. The lowest BCUT2D eigenvalue weighted by molar-refractivity contribution is -0.646. The maximum Gasteiger partial charge on any atom is 0.212 e. The maximum absolute atomic E-state index is 9.56. The lowest BCUT2D eigenvalue weighted by Gasteiger charge is -2.05. The van der Waals surface area contributed by atoms with Crippen molar-refractivity contribution in [2.24, 2.45) is 7.05 Å². The van der Waals surface area contributed by atoms with E-state index in [0.29, 0.717) is 6.61 Å². The number of phenolic OH excluding ortho intramolecular Hbond substituents is 2. The van der Waals surface area contributed by atoms with Gasteiger partial charge in [-0.15, -0.1) is 0 Å². The standard InChI is InChI=1S/C20H19NO3/c1-3-24-17-9-10-18-15(13-17)6-8-16(21(18)2)7-4-14-5-11-19(22)20(23)12-14/h4-13,23H,3H2,1-2H3/p+1. The smallest absolute Gasteiger partial charge is 0.212 e. The second-order valence-corrected chi connectivity index (χ2v) is 5.55. The topological polar surface area (TPSA) is 53.6 Å². The minimum atomic E-state index is -0.122. The van der Waals surface area contributed by atoms with Crippen LogP contribution < -0.4 is 9.30 Å². The van der Waals surface area contributed by atoms with Gasteiger partial charge < -0.3 is 14.9 Å². The van der Waals surface area contributed by atoms with E-state index in [1.54, 1.807) is 6.07 Å². The van der Waals surface area contributed by atoms with Crippen LogP contribution in [0, 0.1) is 0 Å². The quantitative estimate of drug-likeness (QED) is 0.569. The molecule has 0 saturated carbocycles. The van der Waals surface area contributed by atoms with Crippen molar-refractivity contribution >= 4 is 23.1 Å². The highest BCUT2D eigenvalue weighted by Crippen LogP contribution is 2.26. The zero-order chi connectivity index (χ0) is 17.1. The molecule has 122 valence electrons. The van der Waals surface area contributed by atoms with Crippen molar-refractivity contribution in [2.75, 3.05) is 6.61 Å². The molecule has 0 fully saturated rings. The van der Waals surface area contributed by atoms with Gasteiger partial charge >= 0.3 is 0 Å². The van der Waals surface area contributed by atoms with Crippen LogP contribution in [0.2, 0.25) is 0 Å². The first-order chi connectivity index (χ1) is 11.6. The zero-order valence-electron chi connectivity index (χ0n) is 13.7. The van der Waals surface area contributed by atoms with Crippen LogP contribution >= 0.6 is 0 Å². The van der Waals surface area contributed by atoms with Gasteiger partial charge in [0.25, 0.3) is 0 Å². The van der Waals surface area contributed by atoms with Crippen molar-refractivity contribution in [2.45, 2.75) is 6.92 Å². The third kappa shape index (κ3) is 3.18. The predicted octanol–water partition coefficient (Wildman–Crippen LogP) is 3.64. The fourth-order valence-electron chi connectivity index (χ4n) is 2.65. The number of pyridine rings is 1. The molecule has 4 heteroatoms. The van der Waals surface area contributed by atoms with E-state index in [0.717, 1.165) is 27.9 Å². The van der Waals surface area contributed by atoms with Gasteiger partial charge in [0.15, 0.2) is 11.5 Å². The van der Waals surface area contributed by atoms with Crippen LogP contribution in [0.1, 0.15) is 18.2 Å². The third-order valence-corrected chi connectivity index (χ3v) is 3.94. The van der Waals surface area contributed by atoms with E-state index >= 15 is 0 Å². The number of benzene rings is 2. The van der Waals surface area contributed by atoms with Crippen LogP contribution in [-0.2, 0) is 7.05 Å². The van der Waals surface area contributed by atoms with E-state index in [1.807, 2.05) is 50.4 Å². The van der Waals surface area contributed by atoms with E-state index in [9.17, 15) is 10.2 Å². The van der Waals surface area contributed by atoms with Crippen molar-refractivity contribution in [1.29, 1.82) is 0 Å². The Morgan fingerprint density at radius 2 is 1.79 bits per heavy atom. The van der Waals surface area contributed by atoms with Crippen LogP contribution in [0.15, 0.2) is 48.5 Å². The van der Waals surface area contributed by atoms with Crippen LogP contribution in [-0.4, -0.2) is 16.8 Å². The highest BCUT2D eigenvalue weighted by Gasteiger charge is 2.10. The average molecular weight is 322 g/mol. The van der Waals surface area contributed by atoms with Gasteiger partial charge in [-0.2, -0.15) is 4.57 Å². The molecule has 2 aromatic carbocycles. The Hall–Kier alpha value is -3.01. The van der Waals surface area contributed by atoms with Gasteiger partial charge in [0.1, 0.15) is 12.8 Å². The summed E-state index contributed by atoms with van der Waals surface area (Å²) in [6.45, 7) is 2.62. The van der Waals surface area contributed by atoms with E-state index in [2.05, 4.69) is 10.6 Å². The molecule has 0 atom stereocenters. The molecule has 3 rings (SSSR count). The van der Waals surface area contributed by atoms with Crippen LogP contribution in [0.4, 0.5) is 0 Å². The molecule has 0 spiro atoms. The van der Waals surface area contributed by atoms with Gasteiger partial charge in [0.2, 0.25) is 11.2 Å². The second kappa shape index (κ2) is 6.62. The first-order valence-electron chi connectivity index (χ1n) is 7.84. The Balaban J connectivity index is 1.94. The Bertz CT molecular complexity index is 916. The zero-order valence-corrected chi connectivity index (χ0v) is 13.7. The van der Waals surface area contributed by atoms with Gasteiger partial charge in [0.05, 0.1) is 12.0 Å². The van der Waals surface area contributed by atoms with Crippen LogP contribution in [0.25, 0.3) is 23.1 Å². The molecule has 0 aliphatic heterocycles. The Labute approximate surface area is 140 Å². The summed E-state index contributed by atoms with van der Waals surface area (Å²) in [5.74, 6) is 0.630. The summed E-state index contributed by atoms with van der Waals surface area (Å²) in [5.41, 5.74) is 2.95. The molecule has 1 heterocycles. The third-order valence-electron chi connectivity index (χ3n) is 3.94. The first-order valence-corrected chi connectivity index (χ1v) is 7.84. The largest absolute Gasteiger partial charge is 0.504 e. The van der Waals surface area contributed by atoms with Crippen molar-refractivity contribution in [3.63, 3.8) is 0 Å². The minimum absolute atomic E-state index is 0.117. The Kier molecular flexibility index (Phi) is 4.38. The number of phenols is 2. The maximum atomic E-state index is 9.56. The molecule has 4 nitrogen and oxygen atoms in total. The van der Waals surface area contributed by atoms with Crippen LogP contribution in [0.5, 0.6) is 17.2 Å². The number of fused-ring (bicyclic) bond motifs is 1. The second-order valence-electron chi connectivity index (χ2n) is 5.55. The summed E-state index contributed by atoms with van der Waals surface area (Å²) in [7, 11) is 2.01. The minimum Gasteiger partial charge on any atom is -0.504 e. The van der Waals surface area contributed by atoms with Crippen molar-refractivity contribution < 1.29 is 19.5 Å². The molecule has 0 saturated heterocycles. The molecule has 24 heavy (non-hydrogen) atoms. The number of rotatable bonds is 4. The Morgan fingerprint density at radius 1 is 0.958 bits per heavy atom. The summed E-state index contributed by atoms with van der Waals surface area (Å²) in [4.78, 5) is 0. The number of nitrogens with zero attached hydrogens (tertiary/aromatic N) is 1. The number of hydrogen-bond donors (Lipinski definition) is 2. The highest BCUT2D eigenvalue weighted by molar-refractivity contribution is 5.79. The number of aryl methyl sites for hydroxylation is 1. The lowest BCUT2D eigenvalue weighted by atomic mass is 10.1. The molecule has 0 aliphatic rings. The number of hydrogen-bond acceptors (Lipinski definition) is 3. The number of aromatic nitrogens is 1. The van der Waals surface area contributed by atoms with Gasteiger partial charge in [-0.1, -0.05) is 6.07 Å². The monoisotopic (exact) mass is 322 g/mol. The summed E-state index contributed by atoms with van der Waals surface area (Å²) in [6.07, 6.45) is 3.87. The number of ether oxygens (including phenoxy) is 1. The molecule has 0 aliphatic carbocycles. The molecule has 1 aromatic heterocycles. The van der Waals surface area contributed by atoms with Crippen molar-refractivity contribution in [3.05, 3.63) is 59.8 Å². The van der Waals surface area contributed by atoms with Crippen molar-refractivity contribution in [3.8, 4) is 17.2 Å². The fourth-order valence-corrected chi connectivity index (χ4v) is 2.65. The molecular weight excluding hydrogens is 302 g/mol. The fraction of sp³-hybridized carbons (Fsp3) is 0.150. The Morgan fingerprint density at radius 3 is 2.54 bits per heavy atom. The first kappa shape index (κ1) is 15.9. The lowest BCUT2D eigenvalue weighted by Crippen LogP contribution is -2.32. The summed E-state index contributed by atoms with van der Waals surface area (Å²) < 4.78 is 7.64. The summed E-state index contributed by atoms with van der Waals surface area (Å²) >= 11 is 0. The predicted molar refractivity (Wildman–Crippen MR) is 95.0 cm³/mol. The molecule has 2 N–H and O–H groups in total. The SMILES string of the molecule is CCOc1ccc2c(ccc(C=Cc3ccc(O)c(O)c3)[n+]2C)c1. The highest BCUT2D eigenvalue weighted by atomic mass is 16.5. The molecule has 3 aromatic rings. The molecular formula is C20H20NO3+. The van der Waals surface area contributed by atoms with Gasteiger partial charge in [-0.05, 0) is 48.9 Å². The van der Waals surface area contributed by atoms with Gasteiger partial charge in [0, 0.05) is 18.2 Å². The van der Waals surface area contributed by atoms with E-state index in [1.165, 1.54) is 12.1 Å². The molecule has 0 amide bonds. The van der Waals surface area contributed by atoms with Gasteiger partial charge in [-0.3, -0.25) is 0 Å². The molecule has 0 radical (unpaired) electrons. The van der Waals surface area contributed by atoms with Crippen LogP contribution in [0.3, 0.4) is 0 Å². The summed E-state index contributed by atoms with van der Waals surface area (Å²) in [5, 5.41) is 20.0. The summed E-state index contributed by atoms with van der Waals surface area (Å²) in [6, 6.07) is 14.9. The number of aromatic hydroxyl groups is 2. The van der Waals surface area contributed by atoms with Gasteiger partial charge in [-0.25, -0.2) is 0 Å². The van der Waals surface area contributed by atoms with E-state index in [-0.39, 0.29) is 11.5 Å². The van der Waals surface area contributed by atoms with E-state index in [4.69, 9.17) is 4.74 Å².